The van der Waals surface area contributed by atoms with Crippen LogP contribution in [0.15, 0.2) is 18.5 Å². The molecule has 1 amide bonds. The predicted octanol–water partition coefficient (Wildman–Crippen LogP) is 0.169. The summed E-state index contributed by atoms with van der Waals surface area (Å²) in [7, 11) is 0. The number of carbonyl (C=O) groups is 1. The van der Waals surface area contributed by atoms with Gasteiger partial charge in [-0.25, -0.2) is 0 Å². The van der Waals surface area contributed by atoms with Crippen molar-refractivity contribution in [1.29, 1.82) is 0 Å². The van der Waals surface area contributed by atoms with E-state index < -0.39 is 0 Å². The first-order valence-corrected chi connectivity index (χ1v) is 3.64. The highest BCUT2D eigenvalue weighted by molar-refractivity contribution is 5.90. The minimum atomic E-state index is -0.0982. The number of carbonyl (C=O) groups excluding carboxylic acids is 1. The summed E-state index contributed by atoms with van der Waals surface area (Å²) in [5, 5.41) is 2.63. The first kappa shape index (κ1) is 8.67. The molecule has 1 radical (unpaired) electrons. The molecule has 4 nitrogen and oxygen atoms in total. The first-order valence-electron chi connectivity index (χ1n) is 3.64. The van der Waals surface area contributed by atoms with Crippen LogP contribution < -0.4 is 11.1 Å². The molecule has 4 heteroatoms. The Bertz CT molecular complexity index is 248. The third kappa shape index (κ3) is 2.67. The molecule has 3 N–H and O–H groups in total. The van der Waals surface area contributed by atoms with Gasteiger partial charge in [0.2, 0.25) is 5.91 Å². The Hall–Kier alpha value is -1.42. The lowest BCUT2D eigenvalue weighted by Crippen LogP contribution is -2.16. The number of nitrogens with one attached hydrogen (secondary N) is 1. The van der Waals surface area contributed by atoms with E-state index in [0.29, 0.717) is 18.7 Å². The molecule has 0 aliphatic carbocycles. The van der Waals surface area contributed by atoms with E-state index in [-0.39, 0.29) is 5.91 Å². The van der Waals surface area contributed by atoms with Gasteiger partial charge in [-0.2, -0.15) is 0 Å². The molecule has 0 bridgehead atoms. The van der Waals surface area contributed by atoms with Crippen LogP contribution in [-0.2, 0) is 4.79 Å². The van der Waals surface area contributed by atoms with Crippen LogP contribution in [0.25, 0.3) is 0 Å². The van der Waals surface area contributed by atoms with Crippen LogP contribution in [0.4, 0.5) is 5.69 Å². The van der Waals surface area contributed by atoms with Crippen molar-refractivity contribution in [2.24, 2.45) is 5.73 Å². The van der Waals surface area contributed by atoms with Gasteiger partial charge >= 0.3 is 0 Å². The Labute approximate surface area is 70.8 Å². The Morgan fingerprint density at radius 1 is 1.75 bits per heavy atom. The lowest BCUT2D eigenvalue weighted by molar-refractivity contribution is -0.116. The van der Waals surface area contributed by atoms with Crippen LogP contribution in [0, 0.1) is 6.07 Å². The van der Waals surface area contributed by atoms with E-state index in [4.69, 9.17) is 5.73 Å². The summed E-state index contributed by atoms with van der Waals surface area (Å²) in [5.41, 5.74) is 5.85. The fraction of sp³-hybridized carbons (Fsp3) is 0.250. The highest BCUT2D eigenvalue weighted by atomic mass is 16.1. The summed E-state index contributed by atoms with van der Waals surface area (Å²) in [5.74, 6) is -0.0982. The van der Waals surface area contributed by atoms with Crippen molar-refractivity contribution in [2.45, 2.75) is 6.42 Å². The lowest BCUT2D eigenvalue weighted by Gasteiger charge is -2.01. The highest BCUT2D eigenvalue weighted by Crippen LogP contribution is 2.01. The molecule has 63 valence electrons. The summed E-state index contributed by atoms with van der Waals surface area (Å²) in [6, 6.07) is 4.41. The number of amides is 1. The average molecular weight is 164 g/mol. The molecule has 0 saturated carbocycles. The van der Waals surface area contributed by atoms with Crippen LogP contribution in [0.5, 0.6) is 0 Å². The van der Waals surface area contributed by atoms with Gasteiger partial charge in [-0.15, -0.1) is 0 Å². The number of nitrogens with two attached hydrogens (primary N) is 1. The van der Waals surface area contributed by atoms with Crippen molar-refractivity contribution in [3.05, 3.63) is 24.5 Å². The van der Waals surface area contributed by atoms with Gasteiger partial charge in [-0.05, 0) is 6.07 Å². The number of hydrogen-bond donors (Lipinski definition) is 2. The topological polar surface area (TPSA) is 68.0 Å². The number of aromatic nitrogens is 1. The average Bonchev–Trinajstić information content (AvgIpc) is 2.06. The number of nitrogens with zero attached hydrogens (tertiary/aromatic N) is 1. The number of hydrogen-bond acceptors (Lipinski definition) is 3. The Kier molecular flexibility index (Phi) is 3.22. The van der Waals surface area contributed by atoms with Crippen LogP contribution in [0.3, 0.4) is 0 Å². The van der Waals surface area contributed by atoms with Crippen molar-refractivity contribution in [2.75, 3.05) is 11.9 Å². The maximum Gasteiger partial charge on any atom is 0.225 e. The fourth-order valence-corrected chi connectivity index (χ4v) is 0.748. The van der Waals surface area contributed by atoms with Crippen molar-refractivity contribution >= 4 is 11.6 Å². The molecule has 1 aromatic rings. The third-order valence-corrected chi connectivity index (χ3v) is 1.26. The molecule has 0 aromatic carbocycles. The first-order chi connectivity index (χ1) is 5.83. The second-order valence-corrected chi connectivity index (χ2v) is 2.26. The van der Waals surface area contributed by atoms with Crippen LogP contribution in [0.1, 0.15) is 6.42 Å². The van der Waals surface area contributed by atoms with E-state index in [1.54, 1.807) is 12.3 Å². The highest BCUT2D eigenvalue weighted by Gasteiger charge is 1.98. The minimum absolute atomic E-state index is 0.0982. The molecular formula is C8H10N3O. The fourth-order valence-electron chi connectivity index (χ4n) is 0.748. The summed E-state index contributed by atoms with van der Waals surface area (Å²) in [6.45, 7) is 0.357. The zero-order chi connectivity index (χ0) is 8.81. The zero-order valence-electron chi connectivity index (χ0n) is 6.58. The molecule has 0 unspecified atom stereocenters. The van der Waals surface area contributed by atoms with Gasteiger partial charge in [0.1, 0.15) is 0 Å². The van der Waals surface area contributed by atoms with Crippen LogP contribution in [-0.4, -0.2) is 17.4 Å². The summed E-state index contributed by atoms with van der Waals surface area (Å²) < 4.78 is 0. The molecule has 0 saturated heterocycles. The Morgan fingerprint density at radius 3 is 3.17 bits per heavy atom. The van der Waals surface area contributed by atoms with Crippen LogP contribution in [0.2, 0.25) is 0 Å². The molecule has 0 spiro atoms. The van der Waals surface area contributed by atoms with Gasteiger partial charge in [0, 0.05) is 25.2 Å². The monoisotopic (exact) mass is 164 g/mol. The van der Waals surface area contributed by atoms with Gasteiger partial charge in [0.15, 0.2) is 0 Å². The molecule has 1 rings (SSSR count). The quantitative estimate of drug-likeness (QED) is 0.669. The number of pyridine rings is 1. The smallest absolute Gasteiger partial charge is 0.225 e. The lowest BCUT2D eigenvalue weighted by atomic mass is 10.3. The van der Waals surface area contributed by atoms with Gasteiger partial charge in [-0.3, -0.25) is 9.78 Å². The van der Waals surface area contributed by atoms with E-state index >= 15 is 0 Å². The van der Waals surface area contributed by atoms with Gasteiger partial charge in [0.05, 0.1) is 11.9 Å². The minimum Gasteiger partial charge on any atom is -0.330 e. The molecule has 0 atom stereocenters. The Balaban J connectivity index is 2.47. The van der Waals surface area contributed by atoms with Crippen molar-refractivity contribution in [3.63, 3.8) is 0 Å². The Morgan fingerprint density at radius 2 is 2.58 bits per heavy atom. The molecule has 1 aromatic heterocycles. The maximum absolute atomic E-state index is 11.0. The number of rotatable bonds is 3. The SMILES string of the molecule is NCCC(=O)Nc1c[c]cnc1. The molecule has 12 heavy (non-hydrogen) atoms. The second-order valence-electron chi connectivity index (χ2n) is 2.26. The predicted molar refractivity (Wildman–Crippen MR) is 45.4 cm³/mol. The van der Waals surface area contributed by atoms with E-state index in [1.807, 2.05) is 0 Å². The van der Waals surface area contributed by atoms with E-state index in [9.17, 15) is 4.79 Å². The third-order valence-electron chi connectivity index (χ3n) is 1.26. The van der Waals surface area contributed by atoms with E-state index in [1.165, 1.54) is 6.20 Å². The van der Waals surface area contributed by atoms with Crippen molar-refractivity contribution < 1.29 is 4.79 Å². The van der Waals surface area contributed by atoms with E-state index in [2.05, 4.69) is 16.4 Å². The zero-order valence-corrected chi connectivity index (χ0v) is 6.58. The maximum atomic E-state index is 11.0. The number of anilines is 1. The summed E-state index contributed by atoms with van der Waals surface area (Å²) in [6.07, 6.45) is 3.42. The van der Waals surface area contributed by atoms with Crippen molar-refractivity contribution in [3.8, 4) is 0 Å². The molecule has 0 fully saturated rings. The van der Waals surface area contributed by atoms with Gasteiger partial charge < -0.3 is 11.1 Å². The standard InChI is InChI=1S/C8H10N3O/c9-4-3-8(12)11-7-2-1-5-10-6-7/h2,5-6H,3-4,9H2,(H,11,12). The molecule has 0 aliphatic rings. The molecule has 0 aliphatic heterocycles. The normalized spacial score (nSPS) is 9.42. The van der Waals surface area contributed by atoms with E-state index in [0.717, 1.165) is 0 Å². The van der Waals surface area contributed by atoms with Gasteiger partial charge in [-0.1, -0.05) is 0 Å². The van der Waals surface area contributed by atoms with Crippen molar-refractivity contribution in [1.82, 2.24) is 4.98 Å². The molecular weight excluding hydrogens is 154 g/mol. The van der Waals surface area contributed by atoms with Gasteiger partial charge in [0.25, 0.3) is 0 Å². The molecule has 1 heterocycles. The second kappa shape index (κ2) is 4.46. The largest absolute Gasteiger partial charge is 0.330 e. The summed E-state index contributed by atoms with van der Waals surface area (Å²) in [4.78, 5) is 14.8. The van der Waals surface area contributed by atoms with Crippen LogP contribution >= 0.6 is 0 Å². The summed E-state index contributed by atoms with van der Waals surface area (Å²) >= 11 is 0.